The third-order valence-electron chi connectivity index (χ3n) is 4.34. The van der Waals surface area contributed by atoms with Crippen LogP contribution in [0.25, 0.3) is 0 Å². The molecule has 0 spiro atoms. The van der Waals surface area contributed by atoms with E-state index in [4.69, 9.17) is 4.52 Å². The molecule has 0 saturated carbocycles. The summed E-state index contributed by atoms with van der Waals surface area (Å²) in [5, 5.41) is 3.81. The molecule has 0 N–H and O–H groups in total. The van der Waals surface area contributed by atoms with Gasteiger partial charge in [-0.3, -0.25) is 9.59 Å². The lowest BCUT2D eigenvalue weighted by Crippen LogP contribution is -2.37. The highest BCUT2D eigenvalue weighted by Gasteiger charge is 2.32. The van der Waals surface area contributed by atoms with Crippen LogP contribution in [0.2, 0.25) is 0 Å². The number of carbonyl (C=O) groups excluding carboxylic acids is 2. The zero-order chi connectivity index (χ0) is 17.3. The van der Waals surface area contributed by atoms with Crippen molar-refractivity contribution < 1.29 is 14.1 Å². The monoisotopic (exact) mass is 331 g/mol. The highest BCUT2D eigenvalue weighted by molar-refractivity contribution is 5.92. The Morgan fingerprint density at radius 3 is 2.67 bits per heavy atom. The van der Waals surface area contributed by atoms with Crippen molar-refractivity contribution in [2.45, 2.75) is 26.3 Å². The van der Waals surface area contributed by atoms with Gasteiger partial charge in [-0.05, 0) is 25.5 Å². The summed E-state index contributed by atoms with van der Waals surface area (Å²) in [5.41, 5.74) is 0.636. The van der Waals surface area contributed by atoms with Gasteiger partial charge < -0.3 is 18.9 Å². The minimum Gasteiger partial charge on any atom is -0.347 e. The highest BCUT2D eigenvalue weighted by atomic mass is 16.5. The van der Waals surface area contributed by atoms with E-state index < -0.39 is 0 Å². The van der Waals surface area contributed by atoms with E-state index >= 15 is 0 Å². The molecule has 1 saturated heterocycles. The van der Waals surface area contributed by atoms with Crippen LogP contribution in [0.4, 0.5) is 0 Å². The molecule has 1 atom stereocenters. The van der Waals surface area contributed by atoms with Gasteiger partial charge in [0, 0.05) is 39.8 Å². The molecule has 1 unspecified atom stereocenters. The number of hydrogen-bond acceptors (Lipinski definition) is 5. The summed E-state index contributed by atoms with van der Waals surface area (Å²) in [7, 11) is 1.84. The summed E-state index contributed by atoms with van der Waals surface area (Å²) >= 11 is 0. The molecule has 2 aromatic rings. The third kappa shape index (κ3) is 3.04. The Bertz CT molecular complexity index is 750. The van der Waals surface area contributed by atoms with Gasteiger partial charge in [-0.15, -0.1) is 0 Å². The highest BCUT2D eigenvalue weighted by Crippen LogP contribution is 2.26. The molecule has 1 fully saturated rings. The SMILES string of the molecule is CC(=O)N1CCN(C(=O)c2cccn2C)CCC1c1nc(C)no1. The van der Waals surface area contributed by atoms with E-state index in [1.165, 1.54) is 6.92 Å². The Hall–Kier alpha value is -2.64. The van der Waals surface area contributed by atoms with Crippen LogP contribution in [0.5, 0.6) is 0 Å². The first-order chi connectivity index (χ1) is 11.5. The average Bonchev–Trinajstić information content (AvgIpc) is 3.08. The van der Waals surface area contributed by atoms with Crippen LogP contribution < -0.4 is 0 Å². The van der Waals surface area contributed by atoms with Gasteiger partial charge in [0.15, 0.2) is 5.82 Å². The van der Waals surface area contributed by atoms with Crippen molar-refractivity contribution in [1.29, 1.82) is 0 Å². The Morgan fingerprint density at radius 2 is 2.08 bits per heavy atom. The Balaban J connectivity index is 1.81. The van der Waals surface area contributed by atoms with Gasteiger partial charge in [0.2, 0.25) is 11.8 Å². The standard InChI is InChI=1S/C16H21N5O3/c1-11-17-15(24-18-11)13-6-8-20(9-10-21(13)12(2)22)16(23)14-5-4-7-19(14)3/h4-5,7,13H,6,8-10H2,1-3H3. The third-order valence-corrected chi connectivity index (χ3v) is 4.34. The van der Waals surface area contributed by atoms with E-state index in [0.717, 1.165) is 0 Å². The minimum absolute atomic E-state index is 0.0339. The summed E-state index contributed by atoms with van der Waals surface area (Å²) in [6.07, 6.45) is 2.41. The molecule has 0 bridgehead atoms. The fraction of sp³-hybridized carbons (Fsp3) is 0.500. The van der Waals surface area contributed by atoms with Crippen molar-refractivity contribution in [3.63, 3.8) is 0 Å². The molecule has 2 aromatic heterocycles. The number of nitrogens with zero attached hydrogens (tertiary/aromatic N) is 5. The topological polar surface area (TPSA) is 84.5 Å². The van der Waals surface area contributed by atoms with E-state index in [1.807, 2.05) is 19.3 Å². The molecule has 3 heterocycles. The van der Waals surface area contributed by atoms with Crippen LogP contribution in [0.3, 0.4) is 0 Å². The lowest BCUT2D eigenvalue weighted by atomic mass is 10.1. The minimum atomic E-state index is -0.296. The van der Waals surface area contributed by atoms with E-state index in [-0.39, 0.29) is 17.9 Å². The maximum atomic E-state index is 12.7. The quantitative estimate of drug-likeness (QED) is 0.824. The predicted octanol–water partition coefficient (Wildman–Crippen LogP) is 1.15. The molecule has 128 valence electrons. The smallest absolute Gasteiger partial charge is 0.270 e. The van der Waals surface area contributed by atoms with E-state index in [0.29, 0.717) is 43.5 Å². The average molecular weight is 331 g/mol. The second-order valence-electron chi connectivity index (χ2n) is 5.99. The maximum Gasteiger partial charge on any atom is 0.270 e. The normalized spacial score (nSPS) is 18.5. The van der Waals surface area contributed by atoms with E-state index in [1.54, 1.807) is 27.4 Å². The van der Waals surface area contributed by atoms with Gasteiger partial charge in [-0.2, -0.15) is 4.98 Å². The van der Waals surface area contributed by atoms with Crippen molar-refractivity contribution in [1.82, 2.24) is 24.5 Å². The molecular formula is C16H21N5O3. The zero-order valence-corrected chi connectivity index (χ0v) is 14.1. The Kier molecular flexibility index (Phi) is 4.37. The van der Waals surface area contributed by atoms with Gasteiger partial charge in [0.1, 0.15) is 11.7 Å². The fourth-order valence-electron chi connectivity index (χ4n) is 3.06. The molecule has 0 aromatic carbocycles. The van der Waals surface area contributed by atoms with Crippen molar-refractivity contribution in [2.24, 2.45) is 7.05 Å². The lowest BCUT2D eigenvalue weighted by Gasteiger charge is -2.25. The second-order valence-corrected chi connectivity index (χ2v) is 5.99. The largest absolute Gasteiger partial charge is 0.347 e. The summed E-state index contributed by atoms with van der Waals surface area (Å²) in [4.78, 5) is 32.5. The fourth-order valence-corrected chi connectivity index (χ4v) is 3.06. The van der Waals surface area contributed by atoms with E-state index in [2.05, 4.69) is 10.1 Å². The van der Waals surface area contributed by atoms with Crippen molar-refractivity contribution in [2.75, 3.05) is 19.6 Å². The van der Waals surface area contributed by atoms with Gasteiger partial charge in [-0.25, -0.2) is 0 Å². The number of carbonyl (C=O) groups is 2. The van der Waals surface area contributed by atoms with Crippen LogP contribution in [0, 0.1) is 6.92 Å². The summed E-state index contributed by atoms with van der Waals surface area (Å²) in [5.74, 6) is 0.864. The van der Waals surface area contributed by atoms with Crippen molar-refractivity contribution in [3.05, 3.63) is 35.7 Å². The first kappa shape index (κ1) is 16.2. The molecular weight excluding hydrogens is 310 g/mol. The van der Waals surface area contributed by atoms with E-state index in [9.17, 15) is 9.59 Å². The molecule has 1 aliphatic heterocycles. The number of aromatic nitrogens is 3. The zero-order valence-electron chi connectivity index (χ0n) is 14.1. The molecule has 0 aliphatic carbocycles. The Morgan fingerprint density at radius 1 is 1.29 bits per heavy atom. The molecule has 24 heavy (non-hydrogen) atoms. The van der Waals surface area contributed by atoms with Crippen LogP contribution in [-0.4, -0.2) is 56.0 Å². The summed E-state index contributed by atoms with van der Waals surface area (Å²) in [6.45, 7) is 4.71. The molecule has 2 amide bonds. The molecule has 8 nitrogen and oxygen atoms in total. The first-order valence-corrected chi connectivity index (χ1v) is 7.95. The van der Waals surface area contributed by atoms with Gasteiger partial charge in [0.25, 0.3) is 5.91 Å². The molecule has 0 radical (unpaired) electrons. The number of rotatable bonds is 2. The molecule has 8 heteroatoms. The van der Waals surface area contributed by atoms with Crippen LogP contribution in [0.15, 0.2) is 22.9 Å². The van der Waals surface area contributed by atoms with Crippen molar-refractivity contribution in [3.8, 4) is 0 Å². The Labute approximate surface area is 140 Å². The second kappa shape index (κ2) is 6.46. The van der Waals surface area contributed by atoms with Gasteiger partial charge in [-0.1, -0.05) is 5.16 Å². The maximum absolute atomic E-state index is 12.7. The summed E-state index contributed by atoms with van der Waals surface area (Å²) in [6, 6.07) is 3.35. The predicted molar refractivity (Wildman–Crippen MR) is 85.1 cm³/mol. The summed E-state index contributed by atoms with van der Waals surface area (Å²) < 4.78 is 7.06. The van der Waals surface area contributed by atoms with Gasteiger partial charge in [0.05, 0.1) is 0 Å². The number of aryl methyl sites for hydroxylation is 2. The number of amides is 2. The van der Waals surface area contributed by atoms with Crippen LogP contribution in [0.1, 0.15) is 41.6 Å². The van der Waals surface area contributed by atoms with Gasteiger partial charge >= 0.3 is 0 Å². The van der Waals surface area contributed by atoms with Crippen molar-refractivity contribution >= 4 is 11.8 Å². The van der Waals surface area contributed by atoms with Crippen LogP contribution in [-0.2, 0) is 11.8 Å². The first-order valence-electron chi connectivity index (χ1n) is 7.95. The number of hydrogen-bond donors (Lipinski definition) is 0. The molecule has 1 aliphatic rings. The molecule has 3 rings (SSSR count). The lowest BCUT2D eigenvalue weighted by molar-refractivity contribution is -0.131. The van der Waals surface area contributed by atoms with Crippen LogP contribution >= 0.6 is 0 Å².